The normalized spacial score (nSPS) is 12.4. The topological polar surface area (TPSA) is 69.8 Å². The highest BCUT2D eigenvalue weighted by molar-refractivity contribution is 7.80. The number of H-pyrrole nitrogens is 1. The van der Waals surface area contributed by atoms with Gasteiger partial charge in [0.1, 0.15) is 0 Å². The molecule has 0 spiro atoms. The maximum absolute atomic E-state index is 12.8. The number of anilines is 1. The van der Waals surface area contributed by atoms with Crippen LogP contribution in [0.2, 0.25) is 5.02 Å². The van der Waals surface area contributed by atoms with Crippen molar-refractivity contribution in [2.24, 2.45) is 0 Å². The highest BCUT2D eigenvalue weighted by Crippen LogP contribution is 2.35. The highest BCUT2D eigenvalue weighted by atomic mass is 35.5. The molecule has 1 aromatic heterocycles. The first-order valence-corrected chi connectivity index (χ1v) is 10.6. The van der Waals surface area contributed by atoms with E-state index < -0.39 is 0 Å². The highest BCUT2D eigenvalue weighted by Gasteiger charge is 2.17. The Hall–Kier alpha value is -2.81. The number of hydrogen-bond donors (Lipinski definition) is 2. The van der Waals surface area contributed by atoms with Crippen molar-refractivity contribution in [1.82, 2.24) is 14.8 Å². The monoisotopic (exact) mass is 458 g/mol. The van der Waals surface area contributed by atoms with Gasteiger partial charge < -0.3 is 29.6 Å². The number of aromatic amines is 1. The van der Waals surface area contributed by atoms with Gasteiger partial charge in [0.15, 0.2) is 16.6 Å². The molecule has 0 saturated carbocycles. The molecule has 9 heteroatoms. The molecule has 1 aliphatic heterocycles. The van der Waals surface area contributed by atoms with Crippen molar-refractivity contribution in [2.75, 3.05) is 39.3 Å². The minimum Gasteiger partial charge on any atom is -0.454 e. The van der Waals surface area contributed by atoms with Crippen LogP contribution in [0.1, 0.15) is 5.56 Å². The average molecular weight is 459 g/mol. The number of likely N-dealkylation sites (N-methyl/N-ethyl adjacent to an activating group) is 1. The summed E-state index contributed by atoms with van der Waals surface area (Å²) in [5, 5.41) is 5.24. The molecule has 0 amide bonds. The average Bonchev–Trinajstić information content (AvgIpc) is 3.16. The fraction of sp³-hybridized carbons (Fsp3) is 0.273. The number of aromatic nitrogens is 1. The van der Waals surface area contributed by atoms with Crippen LogP contribution in [0.25, 0.3) is 10.9 Å². The molecule has 7 nitrogen and oxygen atoms in total. The molecule has 3 aromatic rings. The van der Waals surface area contributed by atoms with Crippen LogP contribution in [0.4, 0.5) is 5.69 Å². The molecular formula is C22H23ClN4O3S. The quantitative estimate of drug-likeness (QED) is 0.546. The minimum absolute atomic E-state index is 0.160. The van der Waals surface area contributed by atoms with E-state index in [-0.39, 0.29) is 12.4 Å². The lowest BCUT2D eigenvalue weighted by molar-refractivity contribution is 0.174. The van der Waals surface area contributed by atoms with E-state index in [2.05, 4.69) is 15.2 Å². The van der Waals surface area contributed by atoms with E-state index in [0.29, 0.717) is 45.8 Å². The Morgan fingerprint density at radius 2 is 1.94 bits per heavy atom. The Bertz CT molecular complexity index is 1180. The summed E-state index contributed by atoms with van der Waals surface area (Å²) in [4.78, 5) is 19.8. The molecule has 0 bridgehead atoms. The fourth-order valence-electron chi connectivity index (χ4n) is 3.31. The van der Waals surface area contributed by atoms with Gasteiger partial charge in [0.25, 0.3) is 5.56 Å². The van der Waals surface area contributed by atoms with Crippen LogP contribution in [0.5, 0.6) is 11.5 Å². The Labute approximate surface area is 190 Å². The standard InChI is InChI=1S/C22H23ClN4O3S/c1-26(2)6-7-27(22(31)24-17-5-3-4-16(23)10-17)12-15-8-14-9-19-20(30-13-29-19)11-18(14)25-21(15)28/h3-5,8-11H,6-7,12-13H2,1-2H3,(H,24,31)(H,25,28). The molecule has 0 aliphatic carbocycles. The van der Waals surface area contributed by atoms with Crippen molar-refractivity contribution in [3.05, 3.63) is 63.4 Å². The first-order valence-electron chi connectivity index (χ1n) is 9.81. The van der Waals surface area contributed by atoms with E-state index >= 15 is 0 Å². The van der Waals surface area contributed by atoms with Crippen LogP contribution in [-0.4, -0.2) is 53.9 Å². The molecule has 0 radical (unpaired) electrons. The van der Waals surface area contributed by atoms with E-state index in [1.165, 1.54) is 0 Å². The van der Waals surface area contributed by atoms with Gasteiger partial charge in [-0.2, -0.15) is 0 Å². The summed E-state index contributed by atoms with van der Waals surface area (Å²) in [6.45, 7) is 1.98. The zero-order chi connectivity index (χ0) is 22.0. The van der Waals surface area contributed by atoms with Crippen LogP contribution >= 0.6 is 23.8 Å². The number of hydrogen-bond acceptors (Lipinski definition) is 5. The molecule has 2 heterocycles. The Kier molecular flexibility index (Phi) is 6.31. The van der Waals surface area contributed by atoms with Crippen molar-refractivity contribution in [1.29, 1.82) is 0 Å². The lowest BCUT2D eigenvalue weighted by Crippen LogP contribution is -2.40. The van der Waals surface area contributed by atoms with Gasteiger partial charge in [-0.05, 0) is 56.6 Å². The van der Waals surface area contributed by atoms with Gasteiger partial charge in [0, 0.05) is 40.8 Å². The SMILES string of the molecule is CN(C)CCN(Cc1cc2cc3c(cc2[nH]c1=O)OCO3)C(=S)Nc1cccc(Cl)c1. The van der Waals surface area contributed by atoms with Crippen LogP contribution < -0.4 is 20.3 Å². The van der Waals surface area contributed by atoms with Gasteiger partial charge in [-0.25, -0.2) is 0 Å². The summed E-state index contributed by atoms with van der Waals surface area (Å²) < 4.78 is 10.9. The van der Waals surface area contributed by atoms with E-state index in [9.17, 15) is 4.79 Å². The largest absolute Gasteiger partial charge is 0.454 e. The van der Waals surface area contributed by atoms with Gasteiger partial charge in [0.2, 0.25) is 6.79 Å². The molecule has 31 heavy (non-hydrogen) atoms. The third-order valence-corrected chi connectivity index (χ3v) is 5.55. The molecule has 162 valence electrons. The Morgan fingerprint density at radius 1 is 1.16 bits per heavy atom. The third-order valence-electron chi connectivity index (χ3n) is 4.96. The first-order chi connectivity index (χ1) is 14.9. The van der Waals surface area contributed by atoms with Crippen molar-refractivity contribution >= 4 is 45.5 Å². The number of benzene rings is 2. The summed E-state index contributed by atoms with van der Waals surface area (Å²) >= 11 is 11.7. The number of thiocarbonyl (C=S) groups is 1. The minimum atomic E-state index is -0.160. The lowest BCUT2D eigenvalue weighted by Gasteiger charge is -2.27. The van der Waals surface area contributed by atoms with Gasteiger partial charge in [0.05, 0.1) is 12.1 Å². The second-order valence-electron chi connectivity index (χ2n) is 7.58. The zero-order valence-corrected chi connectivity index (χ0v) is 18.8. The van der Waals surface area contributed by atoms with Gasteiger partial charge >= 0.3 is 0 Å². The molecule has 0 unspecified atom stereocenters. The molecule has 0 fully saturated rings. The molecule has 2 aromatic carbocycles. The molecule has 0 saturated heterocycles. The van der Waals surface area contributed by atoms with Crippen molar-refractivity contribution in [3.8, 4) is 11.5 Å². The predicted molar refractivity (Wildman–Crippen MR) is 127 cm³/mol. The molecule has 1 aliphatic rings. The van der Waals surface area contributed by atoms with Crippen molar-refractivity contribution in [2.45, 2.75) is 6.54 Å². The smallest absolute Gasteiger partial charge is 0.253 e. The van der Waals surface area contributed by atoms with Crippen LogP contribution in [0.3, 0.4) is 0 Å². The molecule has 0 atom stereocenters. The maximum atomic E-state index is 12.8. The fourth-order valence-corrected chi connectivity index (χ4v) is 3.77. The lowest BCUT2D eigenvalue weighted by atomic mass is 10.1. The van der Waals surface area contributed by atoms with E-state index in [4.69, 9.17) is 33.3 Å². The number of nitrogens with zero attached hydrogens (tertiary/aromatic N) is 2. The van der Waals surface area contributed by atoms with Gasteiger partial charge in [-0.15, -0.1) is 0 Å². The molecular weight excluding hydrogens is 436 g/mol. The van der Waals surface area contributed by atoms with E-state index in [0.717, 1.165) is 17.6 Å². The van der Waals surface area contributed by atoms with Crippen LogP contribution in [-0.2, 0) is 6.54 Å². The number of nitrogens with one attached hydrogen (secondary N) is 2. The second kappa shape index (κ2) is 9.13. The van der Waals surface area contributed by atoms with Gasteiger partial charge in [-0.3, -0.25) is 4.79 Å². The first kappa shape index (κ1) is 21.4. The van der Waals surface area contributed by atoms with E-state index in [1.54, 1.807) is 12.1 Å². The molecule has 4 rings (SSSR count). The van der Waals surface area contributed by atoms with Crippen molar-refractivity contribution in [3.63, 3.8) is 0 Å². The van der Waals surface area contributed by atoms with E-state index in [1.807, 2.05) is 49.3 Å². The summed E-state index contributed by atoms with van der Waals surface area (Å²) in [5.41, 5.74) is 1.96. The zero-order valence-electron chi connectivity index (χ0n) is 17.3. The predicted octanol–water partition coefficient (Wildman–Crippen LogP) is 3.67. The Morgan fingerprint density at radius 3 is 2.68 bits per heavy atom. The summed E-state index contributed by atoms with van der Waals surface area (Å²) in [6, 6.07) is 12.9. The van der Waals surface area contributed by atoms with Gasteiger partial charge in [-0.1, -0.05) is 17.7 Å². The van der Waals surface area contributed by atoms with Crippen LogP contribution in [0.15, 0.2) is 47.3 Å². The summed E-state index contributed by atoms with van der Waals surface area (Å²) in [7, 11) is 3.99. The second-order valence-corrected chi connectivity index (χ2v) is 8.40. The third kappa shape index (κ3) is 5.10. The number of ether oxygens (including phenoxy) is 2. The number of rotatable bonds is 6. The van der Waals surface area contributed by atoms with Crippen LogP contribution in [0, 0.1) is 0 Å². The Balaban J connectivity index is 1.60. The number of halogens is 1. The summed E-state index contributed by atoms with van der Waals surface area (Å²) in [5.74, 6) is 1.31. The maximum Gasteiger partial charge on any atom is 0.253 e. The summed E-state index contributed by atoms with van der Waals surface area (Å²) in [6.07, 6.45) is 0. The van der Waals surface area contributed by atoms with Crippen molar-refractivity contribution < 1.29 is 9.47 Å². The number of pyridine rings is 1. The molecule has 2 N–H and O–H groups in total. The number of fused-ring (bicyclic) bond motifs is 2.